The molecule has 0 bridgehead atoms. The summed E-state index contributed by atoms with van der Waals surface area (Å²) in [6.45, 7) is 3.16. The van der Waals surface area contributed by atoms with Gasteiger partial charge in [-0.25, -0.2) is 4.98 Å². The third-order valence-corrected chi connectivity index (χ3v) is 5.46. The van der Waals surface area contributed by atoms with Crippen LogP contribution in [0.2, 0.25) is 0 Å². The first kappa shape index (κ1) is 15.4. The van der Waals surface area contributed by atoms with Crippen LogP contribution < -0.4 is 5.56 Å². The summed E-state index contributed by atoms with van der Waals surface area (Å²) in [6.07, 6.45) is 3.88. The molecule has 0 N–H and O–H groups in total. The summed E-state index contributed by atoms with van der Waals surface area (Å²) in [5.41, 5.74) is 1.66. The normalized spacial score (nSPS) is 15.7. The second kappa shape index (κ2) is 6.79. The number of benzene rings is 1. The number of likely N-dealkylation sites (tertiary alicyclic amines) is 1. The van der Waals surface area contributed by atoms with Crippen LogP contribution in [0.1, 0.15) is 25.0 Å². The topological polar surface area (TPSA) is 46.1 Å². The highest BCUT2D eigenvalue weighted by atomic mass is 32.1. The average Bonchev–Trinajstić information content (AvgIpc) is 2.63. The zero-order valence-electron chi connectivity index (χ0n) is 13.4. The van der Waals surface area contributed by atoms with Gasteiger partial charge in [-0.15, -0.1) is 11.3 Å². The lowest BCUT2D eigenvalue weighted by Gasteiger charge is -2.26. The predicted octanol–water partition coefficient (Wildman–Crippen LogP) is 3.70. The summed E-state index contributed by atoms with van der Waals surface area (Å²) in [7, 11) is 0. The van der Waals surface area contributed by atoms with E-state index in [2.05, 4.69) is 16.0 Å². The summed E-state index contributed by atoms with van der Waals surface area (Å²) in [4.78, 5) is 23.7. The average molecular weight is 337 g/mol. The Morgan fingerprint density at radius 1 is 0.958 bits per heavy atom. The van der Waals surface area contributed by atoms with Gasteiger partial charge in [0.15, 0.2) is 0 Å². The van der Waals surface area contributed by atoms with E-state index in [4.69, 9.17) is 4.98 Å². The molecule has 0 amide bonds. The second-order valence-electron chi connectivity index (χ2n) is 6.17. The molecule has 5 heteroatoms. The van der Waals surface area contributed by atoms with Crippen LogP contribution in [0, 0.1) is 0 Å². The molecule has 0 radical (unpaired) electrons. The van der Waals surface area contributed by atoms with Crippen molar-refractivity contribution in [2.75, 3.05) is 13.1 Å². The Morgan fingerprint density at radius 3 is 2.67 bits per heavy atom. The third kappa shape index (κ3) is 3.23. The maximum absolute atomic E-state index is 12.2. The minimum Gasteiger partial charge on any atom is -0.298 e. The Labute approximate surface area is 144 Å². The third-order valence-electron chi connectivity index (χ3n) is 4.39. The fourth-order valence-electron chi connectivity index (χ4n) is 3.15. The second-order valence-corrected chi connectivity index (χ2v) is 7.20. The molecular formula is C19H19N3OS. The van der Waals surface area contributed by atoms with Gasteiger partial charge >= 0.3 is 0 Å². The van der Waals surface area contributed by atoms with Crippen LogP contribution in [0.3, 0.4) is 0 Å². The zero-order valence-corrected chi connectivity index (χ0v) is 14.3. The molecule has 0 atom stereocenters. The molecule has 0 saturated carbocycles. The summed E-state index contributed by atoms with van der Waals surface area (Å²) >= 11 is 1.52. The van der Waals surface area contributed by atoms with E-state index in [1.54, 1.807) is 0 Å². The highest BCUT2D eigenvalue weighted by Crippen LogP contribution is 2.25. The lowest BCUT2D eigenvalue weighted by molar-refractivity contribution is 0.218. The molecule has 3 aromatic rings. The van der Waals surface area contributed by atoms with Gasteiger partial charge < -0.3 is 0 Å². The van der Waals surface area contributed by atoms with Crippen molar-refractivity contribution in [3.8, 4) is 10.7 Å². The van der Waals surface area contributed by atoms with Gasteiger partial charge in [0.05, 0.1) is 16.8 Å². The van der Waals surface area contributed by atoms with Gasteiger partial charge in [-0.3, -0.25) is 9.69 Å². The molecule has 24 heavy (non-hydrogen) atoms. The Balaban J connectivity index is 1.66. The molecule has 1 aliphatic rings. The molecule has 1 fully saturated rings. The number of aromatic nitrogens is 2. The van der Waals surface area contributed by atoms with Crippen LogP contribution in [-0.2, 0) is 6.54 Å². The number of nitrogens with zero attached hydrogens (tertiary/aromatic N) is 3. The Morgan fingerprint density at radius 2 is 1.79 bits per heavy atom. The molecule has 122 valence electrons. The van der Waals surface area contributed by atoms with Crippen molar-refractivity contribution in [3.05, 3.63) is 58.5 Å². The standard InChI is InChI=1S/C19H19N3OS/c23-18-15-8-2-3-10-17(15)24-19(21-18)16-9-6-7-14(20-16)13-22-11-4-1-5-12-22/h2-3,6-10H,1,4-5,11-13H2. The maximum Gasteiger partial charge on any atom is 0.279 e. The van der Waals surface area contributed by atoms with Crippen LogP contribution in [0.5, 0.6) is 0 Å². The molecule has 0 spiro atoms. The van der Waals surface area contributed by atoms with Gasteiger partial charge in [0.1, 0.15) is 5.01 Å². The smallest absolute Gasteiger partial charge is 0.279 e. The first-order valence-corrected chi connectivity index (χ1v) is 9.20. The lowest BCUT2D eigenvalue weighted by atomic mass is 10.1. The van der Waals surface area contributed by atoms with Crippen molar-refractivity contribution in [2.24, 2.45) is 0 Å². The number of hydrogen-bond acceptors (Lipinski definition) is 5. The number of piperidine rings is 1. The van der Waals surface area contributed by atoms with E-state index in [1.165, 1.54) is 30.6 Å². The molecule has 1 saturated heterocycles. The van der Waals surface area contributed by atoms with Gasteiger partial charge in [-0.2, -0.15) is 4.98 Å². The summed E-state index contributed by atoms with van der Waals surface area (Å²) < 4.78 is 0.954. The Bertz CT molecular complexity index is 916. The monoisotopic (exact) mass is 337 g/mol. The van der Waals surface area contributed by atoms with Gasteiger partial charge in [0.2, 0.25) is 0 Å². The molecular weight excluding hydrogens is 318 g/mol. The van der Waals surface area contributed by atoms with Gasteiger partial charge in [0.25, 0.3) is 5.56 Å². The molecule has 4 nitrogen and oxygen atoms in total. The minimum absolute atomic E-state index is 0.178. The number of hydrogen-bond donors (Lipinski definition) is 0. The van der Waals surface area contributed by atoms with Gasteiger partial charge in [-0.1, -0.05) is 24.6 Å². The summed E-state index contributed by atoms with van der Waals surface area (Å²) in [5, 5.41) is 1.37. The quantitative estimate of drug-likeness (QED) is 0.731. The number of fused-ring (bicyclic) bond motifs is 1. The minimum atomic E-state index is -0.178. The van der Waals surface area contributed by atoms with Crippen molar-refractivity contribution in [1.29, 1.82) is 0 Å². The fraction of sp³-hybridized carbons (Fsp3) is 0.316. The van der Waals surface area contributed by atoms with E-state index >= 15 is 0 Å². The van der Waals surface area contributed by atoms with Gasteiger partial charge in [-0.05, 0) is 50.2 Å². The highest BCUT2D eigenvalue weighted by Gasteiger charge is 2.12. The molecule has 2 aromatic heterocycles. The largest absolute Gasteiger partial charge is 0.298 e. The van der Waals surface area contributed by atoms with E-state index in [0.29, 0.717) is 10.4 Å². The molecule has 1 aliphatic heterocycles. The predicted molar refractivity (Wildman–Crippen MR) is 98.2 cm³/mol. The van der Waals surface area contributed by atoms with E-state index in [-0.39, 0.29) is 5.56 Å². The Hall–Kier alpha value is -2.11. The van der Waals surface area contributed by atoms with Crippen molar-refractivity contribution in [2.45, 2.75) is 25.8 Å². The van der Waals surface area contributed by atoms with E-state index < -0.39 is 0 Å². The van der Waals surface area contributed by atoms with Crippen LogP contribution >= 0.6 is 11.3 Å². The van der Waals surface area contributed by atoms with Crippen molar-refractivity contribution < 1.29 is 0 Å². The van der Waals surface area contributed by atoms with Crippen molar-refractivity contribution >= 4 is 21.4 Å². The van der Waals surface area contributed by atoms with Gasteiger partial charge in [0, 0.05) is 11.2 Å². The van der Waals surface area contributed by atoms with E-state index in [9.17, 15) is 4.79 Å². The first-order valence-electron chi connectivity index (χ1n) is 8.38. The molecule has 1 aromatic carbocycles. The zero-order chi connectivity index (χ0) is 16.4. The SMILES string of the molecule is O=c1nc(-c2cccc(CN3CCCCC3)n2)sc2ccccc12. The number of pyridine rings is 1. The van der Waals surface area contributed by atoms with E-state index in [0.717, 1.165) is 35.7 Å². The first-order chi connectivity index (χ1) is 11.8. The molecule has 0 aliphatic carbocycles. The summed E-state index contributed by atoms with van der Waals surface area (Å²) in [6, 6.07) is 13.6. The lowest BCUT2D eigenvalue weighted by Crippen LogP contribution is -2.29. The van der Waals surface area contributed by atoms with Crippen molar-refractivity contribution in [3.63, 3.8) is 0 Å². The number of rotatable bonds is 3. The van der Waals surface area contributed by atoms with E-state index in [1.807, 2.05) is 36.4 Å². The van der Waals surface area contributed by atoms with Crippen LogP contribution in [-0.4, -0.2) is 28.0 Å². The Kier molecular flexibility index (Phi) is 4.36. The fourth-order valence-corrected chi connectivity index (χ4v) is 4.12. The molecule has 0 unspecified atom stereocenters. The van der Waals surface area contributed by atoms with Crippen molar-refractivity contribution in [1.82, 2.24) is 14.9 Å². The van der Waals surface area contributed by atoms with Crippen LogP contribution in [0.4, 0.5) is 0 Å². The van der Waals surface area contributed by atoms with Crippen LogP contribution in [0.15, 0.2) is 47.3 Å². The van der Waals surface area contributed by atoms with Crippen LogP contribution in [0.25, 0.3) is 20.8 Å². The summed E-state index contributed by atoms with van der Waals surface area (Å²) in [5.74, 6) is 0. The maximum atomic E-state index is 12.2. The molecule has 4 rings (SSSR count). The molecule has 3 heterocycles. The highest BCUT2D eigenvalue weighted by molar-refractivity contribution is 7.21.